The maximum absolute atomic E-state index is 12.7. The van der Waals surface area contributed by atoms with Gasteiger partial charge in [-0.05, 0) is 38.0 Å². The molecule has 0 bridgehead atoms. The van der Waals surface area contributed by atoms with Gasteiger partial charge in [-0.1, -0.05) is 20.3 Å². The molecule has 0 saturated heterocycles. The molecular weight excluding hydrogens is 310 g/mol. The highest BCUT2D eigenvalue weighted by Crippen LogP contribution is 2.26. The largest absolute Gasteiger partial charge is 0.496 e. The molecule has 0 fully saturated rings. The van der Waals surface area contributed by atoms with E-state index in [9.17, 15) is 9.59 Å². The molecule has 24 heavy (non-hydrogen) atoms. The molecule has 6 nitrogen and oxygen atoms in total. The summed E-state index contributed by atoms with van der Waals surface area (Å²) in [6.07, 6.45) is 2.27. The third-order valence-electron chi connectivity index (χ3n) is 3.69. The minimum Gasteiger partial charge on any atom is -0.496 e. The fourth-order valence-electron chi connectivity index (χ4n) is 2.37. The van der Waals surface area contributed by atoms with Crippen molar-refractivity contribution in [1.82, 2.24) is 0 Å². The first-order valence-corrected chi connectivity index (χ1v) is 8.13. The lowest BCUT2D eigenvalue weighted by Gasteiger charge is -2.28. The van der Waals surface area contributed by atoms with Crippen LogP contribution in [0.4, 0.5) is 5.69 Å². The summed E-state index contributed by atoms with van der Waals surface area (Å²) in [7, 11) is 2.76. The van der Waals surface area contributed by atoms with Crippen molar-refractivity contribution < 1.29 is 23.8 Å². The van der Waals surface area contributed by atoms with Gasteiger partial charge in [0.2, 0.25) is 0 Å². The van der Waals surface area contributed by atoms with Crippen LogP contribution in [0.3, 0.4) is 0 Å². The molecule has 1 amide bonds. The van der Waals surface area contributed by atoms with Crippen LogP contribution in [-0.4, -0.2) is 38.3 Å². The van der Waals surface area contributed by atoms with Crippen LogP contribution in [0.5, 0.6) is 5.75 Å². The molecule has 0 aromatic heterocycles. The Labute approximate surface area is 143 Å². The number of benzene rings is 1. The van der Waals surface area contributed by atoms with E-state index < -0.39 is 11.6 Å². The Morgan fingerprint density at radius 1 is 1.17 bits per heavy atom. The van der Waals surface area contributed by atoms with E-state index in [1.807, 2.05) is 13.8 Å². The molecule has 1 unspecified atom stereocenters. The average molecular weight is 337 g/mol. The monoisotopic (exact) mass is 337 g/mol. The maximum Gasteiger partial charge on any atom is 0.341 e. The fourth-order valence-corrected chi connectivity index (χ4v) is 2.37. The number of hydrogen-bond acceptors (Lipinski definition) is 5. The second-order valence-electron chi connectivity index (χ2n) is 5.69. The predicted octanol–water partition coefficient (Wildman–Crippen LogP) is 3.41. The quantitative estimate of drug-likeness (QED) is 0.699. The molecule has 0 saturated carbocycles. The summed E-state index contributed by atoms with van der Waals surface area (Å²) < 4.78 is 15.7. The topological polar surface area (TPSA) is 73.9 Å². The summed E-state index contributed by atoms with van der Waals surface area (Å²) in [5, 5.41) is 2.82. The number of methoxy groups -OCH3 is 2. The molecule has 1 N–H and O–H groups in total. The van der Waals surface area contributed by atoms with E-state index in [1.54, 1.807) is 19.1 Å². The minimum atomic E-state index is -0.907. The number of carbonyl (C=O) groups is 2. The van der Waals surface area contributed by atoms with Crippen LogP contribution in [0.2, 0.25) is 0 Å². The lowest BCUT2D eigenvalue weighted by Crippen LogP contribution is -2.43. The molecule has 1 atom stereocenters. The minimum absolute atomic E-state index is 0.237. The van der Waals surface area contributed by atoms with Gasteiger partial charge >= 0.3 is 5.97 Å². The SMILES string of the molecule is CCCOC(C)(CCC)C(=O)Nc1ccc(OC)c(C(=O)OC)c1. The molecule has 0 radical (unpaired) electrons. The average Bonchev–Trinajstić information content (AvgIpc) is 2.59. The number of hydrogen-bond donors (Lipinski definition) is 1. The number of rotatable bonds is 9. The van der Waals surface area contributed by atoms with Crippen molar-refractivity contribution in [2.45, 2.75) is 45.6 Å². The third kappa shape index (κ3) is 4.96. The number of esters is 1. The molecule has 6 heteroatoms. The Bertz CT molecular complexity index is 573. The molecule has 0 spiro atoms. The third-order valence-corrected chi connectivity index (χ3v) is 3.69. The van der Waals surface area contributed by atoms with E-state index in [1.165, 1.54) is 20.3 Å². The van der Waals surface area contributed by atoms with Crippen LogP contribution in [0, 0.1) is 0 Å². The van der Waals surface area contributed by atoms with Gasteiger partial charge in [-0.3, -0.25) is 4.79 Å². The number of amides is 1. The van der Waals surface area contributed by atoms with Crippen molar-refractivity contribution in [3.63, 3.8) is 0 Å². The molecule has 0 heterocycles. The molecule has 0 aliphatic heterocycles. The van der Waals surface area contributed by atoms with Crippen molar-refractivity contribution in [2.75, 3.05) is 26.1 Å². The molecule has 1 aromatic carbocycles. The number of ether oxygens (including phenoxy) is 3. The predicted molar refractivity (Wildman–Crippen MR) is 92.5 cm³/mol. The van der Waals surface area contributed by atoms with Gasteiger partial charge in [0.1, 0.15) is 16.9 Å². The standard InChI is InChI=1S/C18H27NO5/c1-6-10-18(3,24-11-7-2)17(21)19-13-8-9-15(22-4)14(12-13)16(20)23-5/h8-9,12H,6-7,10-11H2,1-5H3,(H,19,21). The van der Waals surface area contributed by atoms with Crippen molar-refractivity contribution in [3.05, 3.63) is 23.8 Å². The lowest BCUT2D eigenvalue weighted by molar-refractivity contribution is -0.140. The Hall–Kier alpha value is -2.08. The van der Waals surface area contributed by atoms with Gasteiger partial charge in [0.25, 0.3) is 5.91 Å². The lowest BCUT2D eigenvalue weighted by atomic mass is 9.98. The maximum atomic E-state index is 12.7. The molecule has 1 rings (SSSR count). The van der Waals surface area contributed by atoms with Crippen LogP contribution in [0.15, 0.2) is 18.2 Å². The highest BCUT2D eigenvalue weighted by atomic mass is 16.5. The van der Waals surface area contributed by atoms with Gasteiger partial charge in [-0.25, -0.2) is 4.79 Å². The summed E-state index contributed by atoms with van der Waals surface area (Å²) in [5.74, 6) is -0.376. The highest BCUT2D eigenvalue weighted by Gasteiger charge is 2.33. The van der Waals surface area contributed by atoms with Gasteiger partial charge in [0.05, 0.1) is 14.2 Å². The first-order valence-electron chi connectivity index (χ1n) is 8.13. The van der Waals surface area contributed by atoms with Crippen LogP contribution >= 0.6 is 0 Å². The van der Waals surface area contributed by atoms with Gasteiger partial charge in [-0.15, -0.1) is 0 Å². The van der Waals surface area contributed by atoms with E-state index in [4.69, 9.17) is 14.2 Å². The molecule has 1 aromatic rings. The fraction of sp³-hybridized carbons (Fsp3) is 0.556. The zero-order valence-corrected chi connectivity index (χ0v) is 15.1. The first kappa shape index (κ1) is 20.0. The van der Waals surface area contributed by atoms with Crippen LogP contribution in [0.25, 0.3) is 0 Å². The van der Waals surface area contributed by atoms with E-state index in [0.29, 0.717) is 24.5 Å². The van der Waals surface area contributed by atoms with Gasteiger partial charge in [-0.2, -0.15) is 0 Å². The van der Waals surface area contributed by atoms with Crippen molar-refractivity contribution >= 4 is 17.6 Å². The Balaban J connectivity index is 3.01. The Morgan fingerprint density at radius 2 is 1.88 bits per heavy atom. The zero-order chi connectivity index (χ0) is 18.2. The highest BCUT2D eigenvalue weighted by molar-refractivity contribution is 5.99. The smallest absolute Gasteiger partial charge is 0.341 e. The second kappa shape index (κ2) is 9.27. The van der Waals surface area contributed by atoms with Gasteiger partial charge in [0, 0.05) is 12.3 Å². The van der Waals surface area contributed by atoms with E-state index >= 15 is 0 Å². The summed E-state index contributed by atoms with van der Waals surface area (Å²) in [4.78, 5) is 24.5. The second-order valence-corrected chi connectivity index (χ2v) is 5.69. The summed E-state index contributed by atoms with van der Waals surface area (Å²) in [5.41, 5.74) is -0.163. The van der Waals surface area contributed by atoms with E-state index in [2.05, 4.69) is 5.32 Å². The van der Waals surface area contributed by atoms with Crippen LogP contribution < -0.4 is 10.1 Å². The number of nitrogens with one attached hydrogen (secondary N) is 1. The summed E-state index contributed by atoms with van der Waals surface area (Å²) in [6.45, 7) is 6.30. The van der Waals surface area contributed by atoms with Crippen LogP contribution in [0.1, 0.15) is 50.4 Å². The summed E-state index contributed by atoms with van der Waals surface area (Å²) >= 11 is 0. The molecule has 0 aliphatic carbocycles. The molecular formula is C18H27NO5. The first-order chi connectivity index (χ1) is 11.4. The van der Waals surface area contributed by atoms with Gasteiger partial charge < -0.3 is 19.5 Å². The zero-order valence-electron chi connectivity index (χ0n) is 15.1. The number of anilines is 1. The van der Waals surface area contributed by atoms with E-state index in [-0.39, 0.29) is 11.5 Å². The van der Waals surface area contributed by atoms with Gasteiger partial charge in [0.15, 0.2) is 0 Å². The molecule has 134 valence electrons. The summed E-state index contributed by atoms with van der Waals surface area (Å²) in [6, 6.07) is 4.83. The Kier molecular flexibility index (Phi) is 7.71. The van der Waals surface area contributed by atoms with Crippen molar-refractivity contribution in [2.24, 2.45) is 0 Å². The van der Waals surface area contributed by atoms with Crippen molar-refractivity contribution in [1.29, 1.82) is 0 Å². The van der Waals surface area contributed by atoms with E-state index in [0.717, 1.165) is 12.8 Å². The molecule has 0 aliphatic rings. The van der Waals surface area contributed by atoms with Crippen LogP contribution in [-0.2, 0) is 14.3 Å². The van der Waals surface area contributed by atoms with Crippen molar-refractivity contribution in [3.8, 4) is 5.75 Å². The normalized spacial score (nSPS) is 13.0. The number of carbonyl (C=O) groups excluding carboxylic acids is 2. The Morgan fingerprint density at radius 3 is 2.42 bits per heavy atom.